The van der Waals surface area contributed by atoms with E-state index in [0.29, 0.717) is 0 Å². The number of hydrogen-bond donors (Lipinski definition) is 0. The molecule has 0 spiro atoms. The second-order valence-corrected chi connectivity index (χ2v) is 6.42. The fourth-order valence-corrected chi connectivity index (χ4v) is 2.67. The van der Waals surface area contributed by atoms with E-state index in [0.717, 1.165) is 0 Å². The number of pyridine rings is 1. The van der Waals surface area contributed by atoms with Crippen LogP contribution in [0.4, 0.5) is 0 Å². The number of halogens is 1. The van der Waals surface area contributed by atoms with Gasteiger partial charge < -0.3 is 24.0 Å². The Morgan fingerprint density at radius 3 is 1.35 bits per heavy atom. The Morgan fingerprint density at radius 1 is 0.577 bits per heavy atom. The predicted octanol–water partition coefficient (Wildman–Crippen LogP) is 2.47. The van der Waals surface area contributed by atoms with E-state index in [2.05, 4.69) is 116 Å². The molecule has 2 heteroatoms. The Morgan fingerprint density at radius 2 is 0.962 bits per heavy atom. The number of rotatable bonds is 4. The van der Waals surface area contributed by atoms with Gasteiger partial charge in [0.15, 0.2) is 0 Å². The number of aromatic nitrogens is 1. The molecule has 1 heterocycles. The topological polar surface area (TPSA) is 3.88 Å². The van der Waals surface area contributed by atoms with Gasteiger partial charge in [0, 0.05) is 24.3 Å². The first kappa shape index (κ1) is 20.1. The molecule has 0 bridgehead atoms. The van der Waals surface area contributed by atoms with Crippen molar-refractivity contribution in [1.29, 1.82) is 0 Å². The van der Waals surface area contributed by atoms with E-state index in [4.69, 9.17) is 0 Å². The van der Waals surface area contributed by atoms with Crippen molar-refractivity contribution in [3.05, 3.63) is 100 Å². The summed E-state index contributed by atoms with van der Waals surface area (Å²) in [5.74, 6) is 0. The average Bonchev–Trinajstić information content (AvgIpc) is 2.62. The van der Waals surface area contributed by atoms with E-state index >= 15 is 0 Å². The molecule has 2 aromatic carbocycles. The average molecular weight is 453 g/mol. The first-order valence-corrected chi connectivity index (χ1v) is 8.60. The van der Waals surface area contributed by atoms with E-state index in [1.165, 1.54) is 33.6 Å². The molecule has 0 N–H and O–H groups in total. The van der Waals surface area contributed by atoms with E-state index in [9.17, 15) is 0 Å². The fraction of sp³-hybridized carbons (Fsp3) is 0.125. The van der Waals surface area contributed by atoms with Gasteiger partial charge in [0.25, 0.3) is 0 Å². The van der Waals surface area contributed by atoms with Gasteiger partial charge in [-0.3, -0.25) is 0 Å². The van der Waals surface area contributed by atoms with Gasteiger partial charge in [0.05, 0.1) is 0 Å². The van der Waals surface area contributed by atoms with Crippen molar-refractivity contribution in [1.82, 2.24) is 0 Å². The first-order chi connectivity index (χ1) is 12.1. The lowest BCUT2D eigenvalue weighted by molar-refractivity contribution is -0.675. The summed E-state index contributed by atoms with van der Waals surface area (Å²) in [6, 6.07) is 23.5. The highest BCUT2D eigenvalue weighted by atomic mass is 127. The molecule has 3 aromatic rings. The smallest absolute Gasteiger partial charge is 0.205 e. The molecule has 0 radical (unpaired) electrons. The minimum Gasteiger partial charge on any atom is -1.00 e. The molecule has 0 aliphatic carbocycles. The molecular formula is C24H24IN. The third-order valence-corrected chi connectivity index (χ3v) is 4.36. The van der Waals surface area contributed by atoms with Gasteiger partial charge in [0.2, 0.25) is 11.4 Å². The van der Waals surface area contributed by atoms with Crippen molar-refractivity contribution in [2.24, 2.45) is 7.05 Å². The van der Waals surface area contributed by atoms with Crippen LogP contribution >= 0.6 is 0 Å². The first-order valence-electron chi connectivity index (χ1n) is 8.60. The number of nitrogens with zero attached hydrogens (tertiary/aromatic N) is 1. The van der Waals surface area contributed by atoms with E-state index in [-0.39, 0.29) is 24.0 Å². The third-order valence-electron chi connectivity index (χ3n) is 4.36. The minimum absolute atomic E-state index is 0. The van der Waals surface area contributed by atoms with Crippen molar-refractivity contribution >= 4 is 24.3 Å². The van der Waals surface area contributed by atoms with Crippen LogP contribution in [0.2, 0.25) is 0 Å². The number of hydrogen-bond acceptors (Lipinski definition) is 0. The summed E-state index contributed by atoms with van der Waals surface area (Å²) in [7, 11) is 2.10. The van der Waals surface area contributed by atoms with Gasteiger partial charge in [-0.15, -0.1) is 0 Å². The van der Waals surface area contributed by atoms with Crippen LogP contribution in [0, 0.1) is 13.8 Å². The van der Waals surface area contributed by atoms with Crippen molar-refractivity contribution in [3.8, 4) is 0 Å². The molecule has 0 unspecified atom stereocenters. The van der Waals surface area contributed by atoms with Crippen LogP contribution in [0.3, 0.4) is 0 Å². The van der Waals surface area contributed by atoms with Crippen LogP contribution < -0.4 is 28.5 Å². The second kappa shape index (κ2) is 9.48. The maximum Gasteiger partial charge on any atom is 0.205 e. The van der Waals surface area contributed by atoms with Crippen molar-refractivity contribution in [2.75, 3.05) is 0 Å². The van der Waals surface area contributed by atoms with Crippen LogP contribution in [-0.4, -0.2) is 0 Å². The van der Waals surface area contributed by atoms with Gasteiger partial charge in [-0.2, -0.15) is 4.57 Å². The third kappa shape index (κ3) is 5.40. The Kier molecular flexibility index (Phi) is 7.34. The fourth-order valence-electron chi connectivity index (χ4n) is 2.67. The quantitative estimate of drug-likeness (QED) is 0.422. The van der Waals surface area contributed by atoms with E-state index in [1.807, 2.05) is 0 Å². The molecule has 3 rings (SSSR count). The van der Waals surface area contributed by atoms with Crippen LogP contribution in [-0.2, 0) is 7.05 Å². The Balaban J connectivity index is 0.00000243. The molecule has 0 amide bonds. The van der Waals surface area contributed by atoms with Crippen LogP contribution in [0.5, 0.6) is 0 Å². The second-order valence-electron chi connectivity index (χ2n) is 6.42. The highest BCUT2D eigenvalue weighted by Crippen LogP contribution is 2.10. The maximum atomic E-state index is 2.20. The van der Waals surface area contributed by atoms with Gasteiger partial charge in [0.1, 0.15) is 7.05 Å². The maximum absolute atomic E-state index is 2.20. The molecule has 1 aromatic heterocycles. The standard InChI is InChI=1S/C24H24N.HI/c1-19-7-11-21(12-8-19)15-17-23-5-4-6-24(25(23)3)18-16-22-13-9-20(2)10-14-22;/h4-18H,1-3H3;1H/q+1;/p-1. The number of aryl methyl sites for hydroxylation is 2. The van der Waals surface area contributed by atoms with Gasteiger partial charge in [-0.1, -0.05) is 59.7 Å². The van der Waals surface area contributed by atoms with Gasteiger partial charge in [-0.05, 0) is 43.2 Å². The summed E-state index contributed by atoms with van der Waals surface area (Å²) < 4.78 is 2.20. The zero-order chi connectivity index (χ0) is 17.6. The Labute approximate surface area is 173 Å². The summed E-state index contributed by atoms with van der Waals surface area (Å²) in [5.41, 5.74) is 7.34. The van der Waals surface area contributed by atoms with Crippen molar-refractivity contribution < 1.29 is 28.5 Å². The molecular weight excluding hydrogens is 429 g/mol. The van der Waals surface area contributed by atoms with Crippen LogP contribution in [0.1, 0.15) is 33.6 Å². The predicted molar refractivity (Wildman–Crippen MR) is 108 cm³/mol. The SMILES string of the molecule is Cc1ccc(C=Cc2cccc(C=Cc3ccc(C)cc3)[n+]2C)cc1.[I-]. The molecule has 0 aliphatic rings. The zero-order valence-corrected chi connectivity index (χ0v) is 17.6. The molecule has 1 nitrogen and oxygen atoms in total. The molecule has 132 valence electrons. The summed E-state index contributed by atoms with van der Waals surface area (Å²) >= 11 is 0. The molecule has 0 atom stereocenters. The summed E-state index contributed by atoms with van der Waals surface area (Å²) in [6.45, 7) is 4.22. The molecule has 26 heavy (non-hydrogen) atoms. The molecule has 0 saturated heterocycles. The highest BCUT2D eigenvalue weighted by molar-refractivity contribution is 5.69. The monoisotopic (exact) mass is 453 g/mol. The van der Waals surface area contributed by atoms with Crippen molar-refractivity contribution in [2.45, 2.75) is 13.8 Å². The van der Waals surface area contributed by atoms with Gasteiger partial charge in [-0.25, -0.2) is 0 Å². The zero-order valence-electron chi connectivity index (χ0n) is 15.5. The largest absolute Gasteiger partial charge is 1.00 e. The summed E-state index contributed by atoms with van der Waals surface area (Å²) in [4.78, 5) is 0. The van der Waals surface area contributed by atoms with E-state index in [1.54, 1.807) is 0 Å². The molecule has 0 fully saturated rings. The molecule has 0 saturated carbocycles. The summed E-state index contributed by atoms with van der Waals surface area (Å²) in [6.07, 6.45) is 8.63. The lowest BCUT2D eigenvalue weighted by Crippen LogP contribution is -3.00. The van der Waals surface area contributed by atoms with Gasteiger partial charge >= 0.3 is 0 Å². The lowest BCUT2D eigenvalue weighted by atomic mass is 10.1. The normalized spacial score (nSPS) is 11.0. The minimum atomic E-state index is 0. The lowest BCUT2D eigenvalue weighted by Gasteiger charge is -2.00. The van der Waals surface area contributed by atoms with E-state index < -0.39 is 0 Å². The Bertz CT molecular complexity index is 830. The highest BCUT2D eigenvalue weighted by Gasteiger charge is 2.06. The molecule has 0 aliphatic heterocycles. The number of benzene rings is 2. The summed E-state index contributed by atoms with van der Waals surface area (Å²) in [5, 5.41) is 0. The van der Waals surface area contributed by atoms with Crippen LogP contribution in [0.25, 0.3) is 24.3 Å². The Hall–Kier alpha value is -2.20. The van der Waals surface area contributed by atoms with Crippen molar-refractivity contribution in [3.63, 3.8) is 0 Å². The van der Waals surface area contributed by atoms with Crippen LogP contribution in [0.15, 0.2) is 66.7 Å².